The summed E-state index contributed by atoms with van der Waals surface area (Å²) in [4.78, 5) is 38.4. The van der Waals surface area contributed by atoms with Gasteiger partial charge in [0.15, 0.2) is 5.75 Å². The second-order valence-electron chi connectivity index (χ2n) is 7.80. The Labute approximate surface area is 166 Å². The first kappa shape index (κ1) is 19.2. The fourth-order valence-corrected chi connectivity index (χ4v) is 4.01. The van der Waals surface area contributed by atoms with E-state index in [0.29, 0.717) is 24.3 Å². The first-order valence-corrected chi connectivity index (χ1v) is 9.57. The van der Waals surface area contributed by atoms with Crippen LogP contribution < -0.4 is 15.1 Å². The molecule has 0 radical (unpaired) electrons. The average molecular weight is 403 g/mol. The minimum atomic E-state index is -1.59. The summed E-state index contributed by atoms with van der Waals surface area (Å²) >= 11 is 0. The maximum Gasteiger partial charge on any atom is 0.511 e. The summed E-state index contributed by atoms with van der Waals surface area (Å²) in [7, 11) is 0. The molecule has 2 aliphatic rings. The summed E-state index contributed by atoms with van der Waals surface area (Å²) < 4.78 is 21.5. The van der Waals surface area contributed by atoms with Crippen LogP contribution in [0.5, 0.6) is 5.75 Å². The van der Waals surface area contributed by atoms with E-state index < -0.39 is 17.4 Å². The van der Waals surface area contributed by atoms with Gasteiger partial charge in [-0.3, -0.25) is 9.59 Å². The van der Waals surface area contributed by atoms with Crippen molar-refractivity contribution < 1.29 is 23.8 Å². The molecule has 1 N–H and O–H groups in total. The molecule has 1 aliphatic carbocycles. The number of ether oxygens (including phenoxy) is 1. The third-order valence-corrected chi connectivity index (χ3v) is 5.68. The molecular formula is C20H22FN3O5. The molecule has 1 saturated carbocycles. The highest BCUT2D eigenvalue weighted by Crippen LogP contribution is 2.39. The van der Waals surface area contributed by atoms with E-state index in [1.165, 1.54) is 6.20 Å². The maximum absolute atomic E-state index is 15.1. The number of carbonyl (C=O) groups is 2. The molecule has 29 heavy (non-hydrogen) atoms. The molecule has 0 spiro atoms. The smallest absolute Gasteiger partial charge is 0.449 e. The van der Waals surface area contributed by atoms with Crippen molar-refractivity contribution in [2.24, 2.45) is 0 Å². The molecule has 1 amide bonds. The molecule has 154 valence electrons. The lowest BCUT2D eigenvalue weighted by molar-refractivity contribution is -0.120. The number of nitrogens with zero attached hydrogens (tertiary/aromatic N) is 3. The summed E-state index contributed by atoms with van der Waals surface area (Å²) in [6, 6.07) is 2.75. The van der Waals surface area contributed by atoms with Gasteiger partial charge in [-0.05, 0) is 38.8 Å². The molecule has 2 unspecified atom stereocenters. The fraction of sp³-hybridized carbons (Fsp3) is 0.450. The number of carbonyl (C=O) groups excluding carboxylic acids is 1. The standard InChI is InChI=1S/C20H22FN3O5/c1-11-8-23(12(2)7-22(11)10-25)17-6-16-14(5-15(17)21)19(26)18(29-20(27)28)9-24(16)13-3-4-13/h5-6,9-13H,3-4,7-8H2,1-2H3,(H,27,28). The monoisotopic (exact) mass is 403 g/mol. The molecule has 2 aromatic rings. The van der Waals surface area contributed by atoms with Crippen LogP contribution >= 0.6 is 0 Å². The van der Waals surface area contributed by atoms with Crippen molar-refractivity contribution in [1.29, 1.82) is 0 Å². The number of benzene rings is 1. The Morgan fingerprint density at radius 3 is 2.59 bits per heavy atom. The number of carboxylic acid groups (broad SMARTS) is 1. The summed E-state index contributed by atoms with van der Waals surface area (Å²) in [6.45, 7) is 4.77. The Morgan fingerprint density at radius 2 is 1.97 bits per heavy atom. The van der Waals surface area contributed by atoms with E-state index in [4.69, 9.17) is 5.11 Å². The van der Waals surface area contributed by atoms with Crippen LogP contribution in [0.1, 0.15) is 32.7 Å². The van der Waals surface area contributed by atoms with Gasteiger partial charge < -0.3 is 24.2 Å². The molecule has 1 aliphatic heterocycles. The Balaban J connectivity index is 1.84. The molecule has 1 aromatic heterocycles. The fourth-order valence-electron chi connectivity index (χ4n) is 4.01. The molecule has 8 nitrogen and oxygen atoms in total. The quantitative estimate of drug-likeness (QED) is 0.623. The molecule has 1 saturated heterocycles. The number of hydrogen-bond acceptors (Lipinski definition) is 5. The summed E-state index contributed by atoms with van der Waals surface area (Å²) in [5.41, 5.74) is 0.254. The zero-order chi connectivity index (χ0) is 20.9. The summed E-state index contributed by atoms with van der Waals surface area (Å²) in [5.74, 6) is -0.895. The topological polar surface area (TPSA) is 92.1 Å². The van der Waals surface area contributed by atoms with Crippen LogP contribution in [0.25, 0.3) is 10.9 Å². The van der Waals surface area contributed by atoms with Crippen LogP contribution in [0, 0.1) is 5.82 Å². The maximum atomic E-state index is 15.1. The lowest BCUT2D eigenvalue weighted by atomic mass is 10.1. The predicted octanol–water partition coefficient (Wildman–Crippen LogP) is 2.59. The molecule has 2 heterocycles. The van der Waals surface area contributed by atoms with Gasteiger partial charge in [-0.2, -0.15) is 0 Å². The SMILES string of the molecule is CC1CN(c2cc3c(cc2F)c(=O)c(OC(=O)O)cn3C2CC2)C(C)CN1C=O. The largest absolute Gasteiger partial charge is 0.511 e. The second-order valence-corrected chi connectivity index (χ2v) is 7.80. The zero-order valence-corrected chi connectivity index (χ0v) is 16.2. The Morgan fingerprint density at radius 1 is 1.24 bits per heavy atom. The van der Waals surface area contributed by atoms with Crippen molar-refractivity contribution in [2.45, 2.75) is 44.8 Å². The van der Waals surface area contributed by atoms with Crippen LogP contribution in [0.4, 0.5) is 14.9 Å². The molecule has 1 aromatic carbocycles. The van der Waals surface area contributed by atoms with Gasteiger partial charge in [0.2, 0.25) is 11.8 Å². The number of piperazine rings is 1. The number of hydrogen-bond donors (Lipinski definition) is 1. The van der Waals surface area contributed by atoms with E-state index in [-0.39, 0.29) is 29.3 Å². The van der Waals surface area contributed by atoms with Crippen LogP contribution in [-0.4, -0.2) is 52.3 Å². The highest BCUT2D eigenvalue weighted by molar-refractivity contribution is 5.85. The molecule has 2 fully saturated rings. The molecule has 0 bridgehead atoms. The van der Waals surface area contributed by atoms with Crippen molar-refractivity contribution in [2.75, 3.05) is 18.0 Å². The Bertz CT molecular complexity index is 1050. The number of anilines is 1. The first-order chi connectivity index (χ1) is 13.8. The van der Waals surface area contributed by atoms with Crippen molar-refractivity contribution >= 4 is 29.2 Å². The van der Waals surface area contributed by atoms with Gasteiger partial charge in [0, 0.05) is 31.2 Å². The van der Waals surface area contributed by atoms with E-state index in [9.17, 15) is 14.4 Å². The van der Waals surface area contributed by atoms with Gasteiger partial charge in [-0.15, -0.1) is 0 Å². The van der Waals surface area contributed by atoms with E-state index in [0.717, 1.165) is 25.3 Å². The van der Waals surface area contributed by atoms with Gasteiger partial charge >= 0.3 is 6.16 Å². The number of halogens is 1. The summed E-state index contributed by atoms with van der Waals surface area (Å²) in [6.07, 6.45) is 2.40. The lowest BCUT2D eigenvalue weighted by Crippen LogP contribution is -2.56. The Kier molecular flexibility index (Phi) is 4.68. The number of pyridine rings is 1. The van der Waals surface area contributed by atoms with Crippen LogP contribution in [0.15, 0.2) is 23.1 Å². The van der Waals surface area contributed by atoms with Gasteiger partial charge in [0.1, 0.15) is 5.82 Å². The molecular weight excluding hydrogens is 381 g/mol. The average Bonchev–Trinajstić information content (AvgIpc) is 3.50. The van der Waals surface area contributed by atoms with Gasteiger partial charge in [-0.1, -0.05) is 0 Å². The summed E-state index contributed by atoms with van der Waals surface area (Å²) in [5, 5.41) is 8.98. The second kappa shape index (κ2) is 7.06. The predicted molar refractivity (Wildman–Crippen MR) is 104 cm³/mol. The van der Waals surface area contributed by atoms with E-state index in [1.807, 2.05) is 18.7 Å². The van der Waals surface area contributed by atoms with Crippen molar-refractivity contribution in [3.63, 3.8) is 0 Å². The van der Waals surface area contributed by atoms with E-state index >= 15 is 4.39 Å². The normalized spacial score (nSPS) is 22.0. The molecule has 2 atom stereocenters. The van der Waals surface area contributed by atoms with Gasteiger partial charge in [0.05, 0.1) is 22.8 Å². The highest BCUT2D eigenvalue weighted by Gasteiger charge is 2.32. The minimum Gasteiger partial charge on any atom is -0.449 e. The van der Waals surface area contributed by atoms with Crippen LogP contribution in [-0.2, 0) is 4.79 Å². The number of fused-ring (bicyclic) bond motifs is 1. The molecule has 4 rings (SSSR count). The number of aromatic nitrogens is 1. The highest BCUT2D eigenvalue weighted by atomic mass is 19.1. The van der Waals surface area contributed by atoms with Crippen molar-refractivity contribution in [1.82, 2.24) is 9.47 Å². The van der Waals surface area contributed by atoms with Gasteiger partial charge in [0.25, 0.3) is 0 Å². The number of amides is 1. The lowest BCUT2D eigenvalue weighted by Gasteiger charge is -2.44. The zero-order valence-electron chi connectivity index (χ0n) is 16.2. The first-order valence-electron chi connectivity index (χ1n) is 9.57. The van der Waals surface area contributed by atoms with Crippen LogP contribution in [0.3, 0.4) is 0 Å². The minimum absolute atomic E-state index is 0.0734. The van der Waals surface area contributed by atoms with Crippen molar-refractivity contribution in [3.05, 3.63) is 34.4 Å². The van der Waals surface area contributed by atoms with E-state index in [2.05, 4.69) is 4.74 Å². The third kappa shape index (κ3) is 3.41. The number of rotatable bonds is 4. The third-order valence-electron chi connectivity index (χ3n) is 5.68. The molecule has 9 heteroatoms. The van der Waals surface area contributed by atoms with Crippen LogP contribution in [0.2, 0.25) is 0 Å². The van der Waals surface area contributed by atoms with E-state index in [1.54, 1.807) is 15.5 Å². The van der Waals surface area contributed by atoms with Gasteiger partial charge in [-0.25, -0.2) is 9.18 Å². The Hall–Kier alpha value is -3.10. The van der Waals surface area contributed by atoms with Crippen molar-refractivity contribution in [3.8, 4) is 5.75 Å².